The van der Waals surface area contributed by atoms with E-state index in [2.05, 4.69) is 90.5 Å². The van der Waals surface area contributed by atoms with E-state index in [1.807, 2.05) is 0 Å². The van der Waals surface area contributed by atoms with Crippen molar-refractivity contribution in [1.82, 2.24) is 0 Å². The van der Waals surface area contributed by atoms with Crippen LogP contribution in [0.2, 0.25) is 18.1 Å². The quantitative estimate of drug-likeness (QED) is 0.510. The first-order valence-electron chi connectivity index (χ1n) is 10.9. The van der Waals surface area contributed by atoms with Gasteiger partial charge in [-0.3, -0.25) is 0 Å². The molecule has 1 fully saturated rings. The second kappa shape index (κ2) is 7.47. The van der Waals surface area contributed by atoms with E-state index in [9.17, 15) is 0 Å². The molecule has 1 aliphatic carbocycles. The standard InChI is InChI=1S/C23H38BBrO3Si/c1-15-17-11-16(14-26-29(9,10)21(2,3)4)12-18(17)20(25)13-19(15)24-27-22(5,6)23(7,8)28-24/h13,16H,11-12,14H2,1-10H3. The maximum Gasteiger partial charge on any atom is 0.495 e. The van der Waals surface area contributed by atoms with Gasteiger partial charge in [0.25, 0.3) is 0 Å². The Labute approximate surface area is 187 Å². The van der Waals surface area contributed by atoms with Crippen LogP contribution >= 0.6 is 15.9 Å². The number of fused-ring (bicyclic) bond motifs is 1. The fourth-order valence-corrected chi connectivity index (χ4v) is 5.63. The van der Waals surface area contributed by atoms with E-state index in [4.69, 9.17) is 13.7 Å². The van der Waals surface area contributed by atoms with Gasteiger partial charge in [-0.05, 0) is 99.7 Å². The van der Waals surface area contributed by atoms with Crippen LogP contribution in [-0.2, 0) is 26.6 Å². The molecule has 0 amide bonds. The Morgan fingerprint density at radius 2 is 1.62 bits per heavy atom. The summed E-state index contributed by atoms with van der Waals surface area (Å²) in [6.07, 6.45) is 2.15. The third kappa shape index (κ3) is 4.30. The van der Waals surface area contributed by atoms with Gasteiger partial charge in [0.1, 0.15) is 0 Å². The number of halogens is 1. The lowest BCUT2D eigenvalue weighted by atomic mass is 9.74. The van der Waals surface area contributed by atoms with Gasteiger partial charge < -0.3 is 13.7 Å². The van der Waals surface area contributed by atoms with Crippen LogP contribution in [0.15, 0.2) is 10.5 Å². The maximum absolute atomic E-state index is 6.55. The summed E-state index contributed by atoms with van der Waals surface area (Å²) in [7, 11) is -2.03. The average Bonchev–Trinajstić information content (AvgIpc) is 3.07. The van der Waals surface area contributed by atoms with Crippen molar-refractivity contribution in [2.24, 2.45) is 5.92 Å². The summed E-state index contributed by atoms with van der Waals surface area (Å²) >= 11 is 3.84. The highest BCUT2D eigenvalue weighted by atomic mass is 79.9. The molecule has 1 unspecified atom stereocenters. The van der Waals surface area contributed by atoms with Crippen LogP contribution in [0.25, 0.3) is 0 Å². The molecule has 2 aliphatic rings. The lowest BCUT2D eigenvalue weighted by Crippen LogP contribution is -2.42. The molecule has 1 aliphatic heterocycles. The lowest BCUT2D eigenvalue weighted by Gasteiger charge is -2.37. The van der Waals surface area contributed by atoms with Crippen LogP contribution in [0, 0.1) is 12.8 Å². The van der Waals surface area contributed by atoms with Crippen LogP contribution in [-0.4, -0.2) is 33.2 Å². The highest BCUT2D eigenvalue weighted by Crippen LogP contribution is 2.41. The van der Waals surface area contributed by atoms with Crippen LogP contribution in [0.1, 0.15) is 65.2 Å². The van der Waals surface area contributed by atoms with Gasteiger partial charge in [0, 0.05) is 11.1 Å². The zero-order valence-electron chi connectivity index (χ0n) is 20.0. The van der Waals surface area contributed by atoms with Crippen LogP contribution in [0.5, 0.6) is 0 Å². The fourth-order valence-electron chi connectivity index (χ4n) is 3.90. The molecule has 1 aromatic rings. The maximum atomic E-state index is 6.55. The van der Waals surface area contributed by atoms with Gasteiger partial charge in [0.2, 0.25) is 0 Å². The van der Waals surface area contributed by atoms with Crippen molar-refractivity contribution < 1.29 is 13.7 Å². The van der Waals surface area contributed by atoms with E-state index < -0.39 is 8.32 Å². The first kappa shape index (κ1) is 23.5. The number of benzene rings is 1. The molecule has 1 saturated heterocycles. The van der Waals surface area contributed by atoms with Crippen molar-refractivity contribution >= 4 is 36.8 Å². The van der Waals surface area contributed by atoms with Crippen LogP contribution in [0.3, 0.4) is 0 Å². The molecule has 3 rings (SSSR count). The Hall–Kier alpha value is -0.138. The van der Waals surface area contributed by atoms with Crippen molar-refractivity contribution in [3.63, 3.8) is 0 Å². The normalized spacial score (nSPS) is 23.6. The minimum Gasteiger partial charge on any atom is -0.417 e. The Bertz CT molecular complexity index is 782. The van der Waals surface area contributed by atoms with E-state index in [1.165, 1.54) is 21.2 Å². The van der Waals surface area contributed by atoms with Gasteiger partial charge >= 0.3 is 7.12 Å². The smallest absolute Gasteiger partial charge is 0.417 e. The summed E-state index contributed by atoms with van der Waals surface area (Å²) in [6, 6.07) is 2.22. The Morgan fingerprint density at radius 3 is 2.14 bits per heavy atom. The molecular formula is C23H38BBrO3Si. The van der Waals surface area contributed by atoms with E-state index in [1.54, 1.807) is 0 Å². The number of hydrogen-bond donors (Lipinski definition) is 0. The molecule has 6 heteroatoms. The molecule has 0 saturated carbocycles. The highest BCUT2D eigenvalue weighted by molar-refractivity contribution is 9.10. The monoisotopic (exact) mass is 480 g/mol. The Balaban J connectivity index is 1.80. The first-order chi connectivity index (χ1) is 13.1. The molecule has 0 aromatic heterocycles. The largest absolute Gasteiger partial charge is 0.495 e. The van der Waals surface area contributed by atoms with E-state index in [0.717, 1.165) is 24.9 Å². The average molecular weight is 481 g/mol. The number of rotatable bonds is 4. The third-order valence-corrected chi connectivity index (χ3v) is 13.0. The topological polar surface area (TPSA) is 27.7 Å². The summed E-state index contributed by atoms with van der Waals surface area (Å²) in [4.78, 5) is 0. The van der Waals surface area contributed by atoms with Crippen molar-refractivity contribution in [2.45, 2.75) is 97.6 Å². The zero-order valence-corrected chi connectivity index (χ0v) is 22.5. The molecule has 29 heavy (non-hydrogen) atoms. The van der Waals surface area contributed by atoms with Crippen molar-refractivity contribution in [3.8, 4) is 0 Å². The van der Waals surface area contributed by atoms with Crippen molar-refractivity contribution in [1.29, 1.82) is 0 Å². The van der Waals surface area contributed by atoms with Crippen LogP contribution in [0.4, 0.5) is 0 Å². The summed E-state index contributed by atoms with van der Waals surface area (Å²) in [5, 5.41) is 0.249. The molecule has 0 bridgehead atoms. The van der Waals surface area contributed by atoms with Crippen molar-refractivity contribution in [2.75, 3.05) is 6.61 Å². The molecule has 1 heterocycles. The summed E-state index contributed by atoms with van der Waals surface area (Å²) < 4.78 is 20.4. The summed E-state index contributed by atoms with van der Waals surface area (Å²) in [5.41, 5.74) is 4.71. The van der Waals surface area contributed by atoms with Crippen molar-refractivity contribution in [3.05, 3.63) is 27.2 Å². The van der Waals surface area contributed by atoms with E-state index >= 15 is 0 Å². The Morgan fingerprint density at radius 1 is 1.10 bits per heavy atom. The first-order valence-corrected chi connectivity index (χ1v) is 14.6. The fraction of sp³-hybridized carbons (Fsp3) is 0.739. The predicted molar refractivity (Wildman–Crippen MR) is 129 cm³/mol. The second-order valence-electron chi connectivity index (χ2n) is 11.5. The van der Waals surface area contributed by atoms with Gasteiger partial charge in [-0.25, -0.2) is 0 Å². The SMILES string of the molecule is Cc1c(B2OC(C)(C)C(C)(C)O2)cc(Br)c2c1CC(CO[Si](C)(C)C(C)(C)C)C2. The van der Waals surface area contributed by atoms with Gasteiger partial charge in [0.15, 0.2) is 8.32 Å². The summed E-state index contributed by atoms with van der Waals surface area (Å²) in [6.45, 7) is 23.1. The molecular weight excluding hydrogens is 443 g/mol. The molecule has 3 nitrogen and oxygen atoms in total. The van der Waals surface area contributed by atoms with Gasteiger partial charge in [-0.1, -0.05) is 36.7 Å². The molecule has 1 atom stereocenters. The molecule has 1 aromatic carbocycles. The molecule has 0 radical (unpaired) electrons. The molecule has 162 valence electrons. The molecule has 0 N–H and O–H groups in total. The summed E-state index contributed by atoms with van der Waals surface area (Å²) in [5.74, 6) is 0.544. The number of hydrogen-bond acceptors (Lipinski definition) is 3. The highest BCUT2D eigenvalue weighted by Gasteiger charge is 2.52. The second-order valence-corrected chi connectivity index (χ2v) is 17.1. The van der Waals surface area contributed by atoms with E-state index in [-0.39, 0.29) is 23.4 Å². The minimum atomic E-state index is -1.72. The minimum absolute atomic E-state index is 0.249. The third-order valence-electron chi connectivity index (χ3n) is 7.80. The van der Waals surface area contributed by atoms with E-state index in [0.29, 0.717) is 5.92 Å². The van der Waals surface area contributed by atoms with Crippen LogP contribution < -0.4 is 5.46 Å². The molecule has 0 spiro atoms. The van der Waals surface area contributed by atoms with Gasteiger partial charge in [-0.2, -0.15) is 0 Å². The zero-order chi connectivity index (χ0) is 22.0. The predicted octanol–water partition coefficient (Wildman–Crippen LogP) is 5.79. The lowest BCUT2D eigenvalue weighted by molar-refractivity contribution is 0.00578. The van der Waals surface area contributed by atoms with Gasteiger partial charge in [0.05, 0.1) is 11.2 Å². The van der Waals surface area contributed by atoms with Gasteiger partial charge in [-0.15, -0.1) is 0 Å². The Kier molecular flexibility index (Phi) is 6.06.